The number of hydrogen-bond donors (Lipinski definition) is 0. The Labute approximate surface area is 132 Å². The van der Waals surface area contributed by atoms with Crippen molar-refractivity contribution >= 4 is 6.03 Å². The number of hydrogen-bond acceptors (Lipinski definition) is 2. The second-order valence-electron chi connectivity index (χ2n) is 5.89. The van der Waals surface area contributed by atoms with Gasteiger partial charge >= 0.3 is 6.03 Å². The molecule has 2 rings (SSSR count). The van der Waals surface area contributed by atoms with E-state index in [1.165, 1.54) is 5.57 Å². The molecule has 0 aliphatic carbocycles. The van der Waals surface area contributed by atoms with Crippen molar-refractivity contribution in [3.05, 3.63) is 41.2 Å². The molecule has 0 atom stereocenters. The summed E-state index contributed by atoms with van der Waals surface area (Å²) in [5.74, 6) is 6.10. The number of urea groups is 1. The van der Waals surface area contributed by atoms with Crippen LogP contribution in [-0.4, -0.2) is 47.0 Å². The number of likely N-dealkylation sites (tertiary alicyclic amines) is 1. The number of nitrogens with zero attached hydrogens (tertiary/aromatic N) is 3. The predicted molar refractivity (Wildman–Crippen MR) is 88.4 cm³/mol. The highest BCUT2D eigenvalue weighted by Gasteiger charge is 2.24. The maximum atomic E-state index is 12.2. The summed E-state index contributed by atoms with van der Waals surface area (Å²) in [4.78, 5) is 20.2. The predicted octanol–water partition coefficient (Wildman–Crippen LogP) is 2.83. The lowest BCUT2D eigenvalue weighted by Crippen LogP contribution is -2.42. The molecule has 0 bridgehead atoms. The first kappa shape index (κ1) is 16.1. The standard InChI is InChI=1S/C18H23N3O/c1-14(2)20(4)18(22)21-12-11-16(13-21)8-6-10-17-9-5-7-15(3)19-17/h5,7-9,14H,11-13H2,1-4H3/b16-8+. The first-order chi connectivity index (χ1) is 10.5. The molecule has 1 aliphatic rings. The summed E-state index contributed by atoms with van der Waals surface area (Å²) < 4.78 is 0. The summed E-state index contributed by atoms with van der Waals surface area (Å²) in [6.45, 7) is 7.43. The van der Waals surface area contributed by atoms with E-state index in [2.05, 4.69) is 16.8 Å². The quantitative estimate of drug-likeness (QED) is 0.747. The van der Waals surface area contributed by atoms with Crippen LogP contribution in [0.25, 0.3) is 0 Å². The Balaban J connectivity index is 1.97. The van der Waals surface area contributed by atoms with Gasteiger partial charge in [0.15, 0.2) is 0 Å². The van der Waals surface area contributed by atoms with Crippen LogP contribution >= 0.6 is 0 Å². The summed E-state index contributed by atoms with van der Waals surface area (Å²) in [6.07, 6.45) is 2.82. The van der Waals surface area contributed by atoms with Crippen molar-refractivity contribution in [3.63, 3.8) is 0 Å². The summed E-state index contributed by atoms with van der Waals surface area (Å²) in [5, 5.41) is 0. The van der Waals surface area contributed by atoms with Crippen molar-refractivity contribution in [3.8, 4) is 11.8 Å². The van der Waals surface area contributed by atoms with Crippen molar-refractivity contribution < 1.29 is 4.79 Å². The molecule has 1 saturated heterocycles. The van der Waals surface area contributed by atoms with E-state index in [9.17, 15) is 4.79 Å². The minimum absolute atomic E-state index is 0.0895. The molecule has 2 amide bonds. The smallest absolute Gasteiger partial charge is 0.320 e. The SMILES string of the molecule is Cc1cccc(C#C/C=C2\CCN(C(=O)N(C)C(C)C)C2)n1. The van der Waals surface area contributed by atoms with Gasteiger partial charge in [0.05, 0.1) is 0 Å². The van der Waals surface area contributed by atoms with Crippen LogP contribution in [0.4, 0.5) is 4.79 Å². The third kappa shape index (κ3) is 4.11. The maximum Gasteiger partial charge on any atom is 0.320 e. The Morgan fingerprint density at radius 1 is 1.45 bits per heavy atom. The Bertz CT molecular complexity index is 637. The lowest BCUT2D eigenvalue weighted by Gasteiger charge is -2.27. The Morgan fingerprint density at radius 3 is 2.91 bits per heavy atom. The van der Waals surface area contributed by atoms with Gasteiger partial charge < -0.3 is 9.80 Å². The van der Waals surface area contributed by atoms with Crippen LogP contribution < -0.4 is 0 Å². The third-order valence-corrected chi connectivity index (χ3v) is 3.81. The molecule has 1 aromatic heterocycles. The van der Waals surface area contributed by atoms with Crippen LogP contribution in [0.15, 0.2) is 29.8 Å². The number of carbonyl (C=O) groups is 1. The molecule has 0 unspecified atom stereocenters. The van der Waals surface area contributed by atoms with Crippen molar-refractivity contribution in [1.82, 2.24) is 14.8 Å². The van der Waals surface area contributed by atoms with E-state index in [1.807, 2.05) is 57.0 Å². The molecule has 0 spiro atoms. The highest BCUT2D eigenvalue weighted by Crippen LogP contribution is 2.16. The Morgan fingerprint density at radius 2 is 2.23 bits per heavy atom. The second-order valence-corrected chi connectivity index (χ2v) is 5.89. The van der Waals surface area contributed by atoms with Gasteiger partial charge in [0.25, 0.3) is 0 Å². The molecule has 1 fully saturated rings. The molecule has 2 heterocycles. The van der Waals surface area contributed by atoms with E-state index >= 15 is 0 Å². The zero-order valence-corrected chi connectivity index (χ0v) is 13.8. The third-order valence-electron chi connectivity index (χ3n) is 3.81. The summed E-state index contributed by atoms with van der Waals surface area (Å²) in [5.41, 5.74) is 2.95. The van der Waals surface area contributed by atoms with Crippen molar-refractivity contribution in [1.29, 1.82) is 0 Å². The largest absolute Gasteiger partial charge is 0.325 e. The highest BCUT2D eigenvalue weighted by atomic mass is 16.2. The van der Waals surface area contributed by atoms with Gasteiger partial charge in [0.2, 0.25) is 0 Å². The number of pyridine rings is 1. The average Bonchev–Trinajstić information content (AvgIpc) is 2.94. The van der Waals surface area contributed by atoms with E-state index in [0.29, 0.717) is 6.54 Å². The van der Waals surface area contributed by atoms with Crippen molar-refractivity contribution in [2.45, 2.75) is 33.2 Å². The molecule has 116 valence electrons. The number of aryl methyl sites for hydroxylation is 1. The highest BCUT2D eigenvalue weighted by molar-refractivity contribution is 5.75. The van der Waals surface area contributed by atoms with Gasteiger partial charge in [-0.2, -0.15) is 0 Å². The topological polar surface area (TPSA) is 36.4 Å². The van der Waals surface area contributed by atoms with Crippen LogP contribution in [0, 0.1) is 18.8 Å². The molecule has 0 radical (unpaired) electrons. The second kappa shape index (κ2) is 7.13. The molecule has 1 aromatic rings. The Kier molecular flexibility index (Phi) is 5.21. The van der Waals surface area contributed by atoms with Crippen LogP contribution in [0.3, 0.4) is 0 Å². The van der Waals surface area contributed by atoms with E-state index in [-0.39, 0.29) is 12.1 Å². The van der Waals surface area contributed by atoms with E-state index in [4.69, 9.17) is 0 Å². The average molecular weight is 297 g/mol. The maximum absolute atomic E-state index is 12.2. The number of rotatable bonds is 1. The molecular formula is C18H23N3O. The van der Waals surface area contributed by atoms with Crippen molar-refractivity contribution in [2.75, 3.05) is 20.1 Å². The number of allylic oxidation sites excluding steroid dienone is 1. The van der Waals surface area contributed by atoms with Gasteiger partial charge in [-0.3, -0.25) is 0 Å². The van der Waals surface area contributed by atoms with Crippen LogP contribution in [0.1, 0.15) is 31.7 Å². The number of carbonyl (C=O) groups excluding carboxylic acids is 1. The lowest BCUT2D eigenvalue weighted by molar-refractivity contribution is 0.163. The molecule has 0 aromatic carbocycles. The number of aromatic nitrogens is 1. The van der Waals surface area contributed by atoms with Gasteiger partial charge in [-0.25, -0.2) is 9.78 Å². The normalized spacial score (nSPS) is 15.9. The molecule has 1 aliphatic heterocycles. The van der Waals surface area contributed by atoms with E-state index in [0.717, 1.165) is 24.4 Å². The fourth-order valence-corrected chi connectivity index (χ4v) is 2.23. The lowest BCUT2D eigenvalue weighted by atomic mass is 10.2. The first-order valence-electron chi connectivity index (χ1n) is 7.62. The minimum atomic E-state index is 0.0895. The zero-order valence-electron chi connectivity index (χ0n) is 13.8. The van der Waals surface area contributed by atoms with Crippen LogP contribution in [0.2, 0.25) is 0 Å². The van der Waals surface area contributed by atoms with Crippen LogP contribution in [-0.2, 0) is 0 Å². The summed E-state index contributed by atoms with van der Waals surface area (Å²) >= 11 is 0. The molecule has 22 heavy (non-hydrogen) atoms. The van der Waals surface area contributed by atoms with E-state index in [1.54, 1.807) is 4.90 Å². The fourth-order valence-electron chi connectivity index (χ4n) is 2.23. The van der Waals surface area contributed by atoms with Gasteiger partial charge in [-0.1, -0.05) is 12.0 Å². The van der Waals surface area contributed by atoms with E-state index < -0.39 is 0 Å². The molecule has 4 heteroatoms. The Hall–Kier alpha value is -2.28. The van der Waals surface area contributed by atoms with Gasteiger partial charge in [-0.15, -0.1) is 0 Å². The molecule has 4 nitrogen and oxygen atoms in total. The summed E-state index contributed by atoms with van der Waals surface area (Å²) in [6, 6.07) is 6.12. The zero-order chi connectivity index (χ0) is 16.1. The van der Waals surface area contributed by atoms with Gasteiger partial charge in [-0.05, 0) is 56.9 Å². The minimum Gasteiger partial charge on any atom is -0.325 e. The first-order valence-corrected chi connectivity index (χ1v) is 7.62. The summed E-state index contributed by atoms with van der Waals surface area (Å²) in [7, 11) is 1.85. The molecule has 0 N–H and O–H groups in total. The van der Waals surface area contributed by atoms with Crippen LogP contribution in [0.5, 0.6) is 0 Å². The molecular weight excluding hydrogens is 274 g/mol. The fraction of sp³-hybridized carbons (Fsp3) is 0.444. The van der Waals surface area contributed by atoms with Gasteiger partial charge in [0.1, 0.15) is 5.69 Å². The van der Waals surface area contributed by atoms with Gasteiger partial charge in [0, 0.05) is 31.9 Å². The number of amides is 2. The monoisotopic (exact) mass is 297 g/mol. The van der Waals surface area contributed by atoms with Crippen molar-refractivity contribution in [2.24, 2.45) is 0 Å². The molecule has 0 saturated carbocycles.